The molecule has 2 atom stereocenters. The second-order valence-electron chi connectivity index (χ2n) is 5.84. The number of aryl methyl sites for hydroxylation is 1. The molecule has 0 radical (unpaired) electrons. The highest BCUT2D eigenvalue weighted by Crippen LogP contribution is 2.37. The van der Waals surface area contributed by atoms with E-state index in [4.69, 9.17) is 51.1 Å². The minimum Gasteiger partial charge on any atom is -0.466 e. The smallest absolute Gasteiger partial charge is 0.276 e. The molecule has 10 heteroatoms. The minimum atomic E-state index is -0.750. The van der Waals surface area contributed by atoms with E-state index in [1.54, 1.807) is 0 Å². The van der Waals surface area contributed by atoms with Gasteiger partial charge in [0.15, 0.2) is 11.8 Å². The van der Waals surface area contributed by atoms with Gasteiger partial charge in [0.2, 0.25) is 5.88 Å². The molecule has 1 saturated heterocycles. The van der Waals surface area contributed by atoms with Crippen LogP contribution in [0.2, 0.25) is 15.2 Å². The Labute approximate surface area is 175 Å². The van der Waals surface area contributed by atoms with Gasteiger partial charge in [-0.25, -0.2) is 5.01 Å². The van der Waals surface area contributed by atoms with Crippen molar-refractivity contribution in [3.8, 4) is 5.88 Å². The van der Waals surface area contributed by atoms with E-state index in [0.29, 0.717) is 0 Å². The standard InChI is InChI=1S/C17H13Cl4N3O3/c1-8-2-4-9(5-3-8)14-13(20)17(26)24(14)23-12(25)7-27-16-11(19)6-10(18)15(21)22-16/h2-6,13-14H,7H2,1H3,(H,23,25). The Morgan fingerprint density at radius 3 is 2.56 bits per heavy atom. The van der Waals surface area contributed by atoms with Gasteiger partial charge >= 0.3 is 0 Å². The third-order valence-corrected chi connectivity index (χ3v) is 5.26. The van der Waals surface area contributed by atoms with Gasteiger partial charge in [-0.15, -0.1) is 11.6 Å². The van der Waals surface area contributed by atoms with Crippen LogP contribution in [0.3, 0.4) is 0 Å². The van der Waals surface area contributed by atoms with Gasteiger partial charge in [0, 0.05) is 0 Å². The molecule has 3 rings (SSSR count). The number of carbonyl (C=O) groups is 2. The van der Waals surface area contributed by atoms with Crippen molar-refractivity contribution in [2.45, 2.75) is 18.3 Å². The lowest BCUT2D eigenvalue weighted by Gasteiger charge is -2.43. The number of hydrogen-bond acceptors (Lipinski definition) is 4. The summed E-state index contributed by atoms with van der Waals surface area (Å²) >= 11 is 23.6. The summed E-state index contributed by atoms with van der Waals surface area (Å²) in [6, 6.07) is 8.42. The second kappa shape index (κ2) is 8.10. The minimum absolute atomic E-state index is 0.00110. The van der Waals surface area contributed by atoms with Crippen molar-refractivity contribution in [3.05, 3.63) is 56.7 Å². The molecule has 142 valence electrons. The number of nitrogens with zero attached hydrogens (tertiary/aromatic N) is 2. The van der Waals surface area contributed by atoms with Crippen molar-refractivity contribution in [3.63, 3.8) is 0 Å². The summed E-state index contributed by atoms with van der Waals surface area (Å²) in [6.45, 7) is 1.52. The maximum absolute atomic E-state index is 12.2. The van der Waals surface area contributed by atoms with Crippen LogP contribution in [0.1, 0.15) is 17.2 Å². The number of pyridine rings is 1. The monoisotopic (exact) mass is 447 g/mol. The van der Waals surface area contributed by atoms with Gasteiger partial charge in [-0.3, -0.25) is 15.0 Å². The van der Waals surface area contributed by atoms with E-state index in [-0.39, 0.29) is 21.1 Å². The van der Waals surface area contributed by atoms with Gasteiger partial charge < -0.3 is 4.74 Å². The van der Waals surface area contributed by atoms with Crippen LogP contribution in [0.5, 0.6) is 5.88 Å². The molecule has 0 spiro atoms. The summed E-state index contributed by atoms with van der Waals surface area (Å²) in [5.41, 5.74) is 4.37. The lowest BCUT2D eigenvalue weighted by Crippen LogP contribution is -2.63. The predicted octanol–water partition coefficient (Wildman–Crippen LogP) is 3.95. The molecule has 0 bridgehead atoms. The first-order chi connectivity index (χ1) is 12.8. The first-order valence-corrected chi connectivity index (χ1v) is 9.32. The van der Waals surface area contributed by atoms with Crippen molar-refractivity contribution in [1.29, 1.82) is 0 Å². The Hall–Kier alpha value is -1.73. The van der Waals surface area contributed by atoms with Crippen LogP contribution in [0.25, 0.3) is 0 Å². The van der Waals surface area contributed by atoms with Crippen molar-refractivity contribution in [2.24, 2.45) is 0 Å². The number of hydrogen-bond donors (Lipinski definition) is 1. The summed E-state index contributed by atoms with van der Waals surface area (Å²) < 4.78 is 5.25. The lowest BCUT2D eigenvalue weighted by atomic mass is 9.95. The SMILES string of the molecule is Cc1ccc(C2C(Cl)C(=O)N2NC(=O)COc2nc(Cl)c(Cl)cc2Cl)cc1. The number of ether oxygens (including phenoxy) is 1. The Morgan fingerprint density at radius 2 is 1.89 bits per heavy atom. The van der Waals surface area contributed by atoms with E-state index in [1.165, 1.54) is 11.1 Å². The molecule has 1 fully saturated rings. The molecule has 2 aromatic rings. The van der Waals surface area contributed by atoms with Gasteiger partial charge in [0.1, 0.15) is 16.4 Å². The first-order valence-electron chi connectivity index (χ1n) is 7.75. The lowest BCUT2D eigenvalue weighted by molar-refractivity contribution is -0.157. The van der Waals surface area contributed by atoms with E-state index in [9.17, 15) is 9.59 Å². The predicted molar refractivity (Wildman–Crippen MR) is 103 cm³/mol. The van der Waals surface area contributed by atoms with Gasteiger partial charge in [-0.1, -0.05) is 64.6 Å². The number of carbonyl (C=O) groups excluding carboxylic acids is 2. The zero-order chi connectivity index (χ0) is 19.7. The molecule has 2 amide bonds. The second-order valence-corrected chi connectivity index (χ2v) is 7.48. The third kappa shape index (κ3) is 4.24. The summed E-state index contributed by atoms with van der Waals surface area (Å²) in [6.07, 6.45) is 0. The highest BCUT2D eigenvalue weighted by molar-refractivity contribution is 6.42. The Balaban J connectivity index is 1.64. The molecular formula is C17H13Cl4N3O3. The molecular weight excluding hydrogens is 436 g/mol. The molecule has 1 aliphatic rings. The van der Waals surface area contributed by atoms with Gasteiger partial charge in [-0.2, -0.15) is 4.98 Å². The normalized spacial score (nSPS) is 18.9. The molecule has 1 aromatic carbocycles. The Kier molecular flexibility index (Phi) is 6.01. The van der Waals surface area contributed by atoms with E-state index in [2.05, 4.69) is 10.4 Å². The number of halogens is 4. The maximum atomic E-state index is 12.2. The number of amides is 2. The molecule has 6 nitrogen and oxygen atoms in total. The zero-order valence-corrected chi connectivity index (χ0v) is 16.9. The summed E-state index contributed by atoms with van der Waals surface area (Å²) in [5.74, 6) is -1.02. The van der Waals surface area contributed by atoms with E-state index in [0.717, 1.165) is 11.1 Å². The zero-order valence-electron chi connectivity index (χ0n) is 13.9. The fraction of sp³-hybridized carbons (Fsp3) is 0.235. The number of benzene rings is 1. The maximum Gasteiger partial charge on any atom is 0.276 e. The van der Waals surface area contributed by atoms with E-state index >= 15 is 0 Å². The number of aromatic nitrogens is 1. The number of alkyl halides is 1. The van der Waals surface area contributed by atoms with Crippen molar-refractivity contribution in [2.75, 3.05) is 6.61 Å². The molecule has 1 aromatic heterocycles. The van der Waals surface area contributed by atoms with Crippen LogP contribution in [-0.2, 0) is 9.59 Å². The van der Waals surface area contributed by atoms with Crippen LogP contribution in [0, 0.1) is 6.92 Å². The summed E-state index contributed by atoms with van der Waals surface area (Å²) in [7, 11) is 0. The van der Waals surface area contributed by atoms with Gasteiger partial charge in [-0.05, 0) is 18.6 Å². The molecule has 1 aliphatic heterocycles. The molecule has 2 heterocycles. The average molecular weight is 449 g/mol. The fourth-order valence-electron chi connectivity index (χ4n) is 2.49. The van der Waals surface area contributed by atoms with Gasteiger partial charge in [0.05, 0.1) is 5.02 Å². The Morgan fingerprint density at radius 1 is 1.22 bits per heavy atom. The molecule has 2 unspecified atom stereocenters. The van der Waals surface area contributed by atoms with E-state index in [1.807, 2.05) is 31.2 Å². The number of nitrogens with one attached hydrogen (secondary N) is 1. The summed E-state index contributed by atoms with van der Waals surface area (Å²) in [5, 5.41) is 0.700. The van der Waals surface area contributed by atoms with Crippen molar-refractivity contribution >= 4 is 58.2 Å². The largest absolute Gasteiger partial charge is 0.466 e. The topological polar surface area (TPSA) is 71.5 Å². The first kappa shape index (κ1) is 20.0. The summed E-state index contributed by atoms with van der Waals surface area (Å²) in [4.78, 5) is 28.0. The van der Waals surface area contributed by atoms with Crippen LogP contribution in [-0.4, -0.2) is 33.8 Å². The Bertz CT molecular complexity index is 892. The highest BCUT2D eigenvalue weighted by Gasteiger charge is 2.48. The third-order valence-electron chi connectivity index (χ3n) is 3.89. The van der Waals surface area contributed by atoms with Crippen LogP contribution < -0.4 is 10.2 Å². The van der Waals surface area contributed by atoms with Crippen molar-refractivity contribution < 1.29 is 14.3 Å². The number of β-lactam (4-membered cyclic amide) rings is 1. The average Bonchev–Trinajstić information content (AvgIpc) is 2.64. The van der Waals surface area contributed by atoms with Crippen LogP contribution >= 0.6 is 46.4 Å². The fourth-order valence-corrected chi connectivity index (χ4v) is 3.40. The molecule has 0 aliphatic carbocycles. The molecule has 1 N–H and O–H groups in total. The van der Waals surface area contributed by atoms with Crippen LogP contribution in [0.15, 0.2) is 30.3 Å². The number of rotatable bonds is 5. The quantitative estimate of drug-likeness (QED) is 0.427. The highest BCUT2D eigenvalue weighted by atomic mass is 35.5. The van der Waals surface area contributed by atoms with Crippen molar-refractivity contribution in [1.82, 2.24) is 15.4 Å². The van der Waals surface area contributed by atoms with Crippen LogP contribution in [0.4, 0.5) is 0 Å². The molecule has 0 saturated carbocycles. The van der Waals surface area contributed by atoms with E-state index < -0.39 is 29.8 Å². The van der Waals surface area contributed by atoms with Gasteiger partial charge in [0.25, 0.3) is 11.8 Å². The molecule has 27 heavy (non-hydrogen) atoms. The number of hydrazine groups is 1.